The summed E-state index contributed by atoms with van der Waals surface area (Å²) in [6, 6.07) is 5.77. The highest BCUT2D eigenvalue weighted by molar-refractivity contribution is 5.54. The van der Waals surface area contributed by atoms with E-state index in [1.807, 2.05) is 43.4 Å². The third-order valence-electron chi connectivity index (χ3n) is 2.51. The van der Waals surface area contributed by atoms with Crippen LogP contribution in [0.25, 0.3) is 30.2 Å². The first kappa shape index (κ1) is 12.9. The van der Waals surface area contributed by atoms with E-state index in [0.29, 0.717) is 5.82 Å². The van der Waals surface area contributed by atoms with Gasteiger partial charge in [0.2, 0.25) is 0 Å². The first-order chi connectivity index (χ1) is 9.24. The van der Waals surface area contributed by atoms with Crippen LogP contribution >= 0.6 is 0 Å². The van der Waals surface area contributed by atoms with Crippen LogP contribution < -0.4 is 10.6 Å². The first-order valence-electron chi connectivity index (χ1n) is 5.99. The average molecular weight is 249 g/mol. The molecule has 2 aromatic rings. The lowest BCUT2D eigenvalue weighted by Crippen LogP contribution is -2.28. The quantitative estimate of drug-likeness (QED) is 0.834. The molecular weight excluding hydrogens is 234 g/mol. The third kappa shape index (κ3) is 3.01. The van der Waals surface area contributed by atoms with Gasteiger partial charge in [0.25, 0.3) is 0 Å². The van der Waals surface area contributed by atoms with E-state index in [0.717, 1.165) is 22.0 Å². The fourth-order valence-corrected chi connectivity index (χ4v) is 1.64. The molecule has 0 N–H and O–H groups in total. The SMILES string of the molecule is C=C/C=c1/nc(-c2cccc(/C=C/C)n2)ncc1=C. The summed E-state index contributed by atoms with van der Waals surface area (Å²) < 4.78 is 0. The Morgan fingerprint density at radius 3 is 2.79 bits per heavy atom. The van der Waals surface area contributed by atoms with Crippen LogP contribution in [-0.2, 0) is 0 Å². The standard InChI is InChI=1S/C16H15N3/c1-4-7-13-9-6-10-15(18-13)16-17-11-12(3)14(19-16)8-5-2/h4-11H,2-3H2,1H3/b7-4+,14-8+. The van der Waals surface area contributed by atoms with Gasteiger partial charge >= 0.3 is 0 Å². The molecule has 94 valence electrons. The molecule has 0 spiro atoms. The Bertz CT molecular complexity index is 730. The van der Waals surface area contributed by atoms with Crippen LogP contribution in [0.2, 0.25) is 0 Å². The van der Waals surface area contributed by atoms with E-state index in [-0.39, 0.29) is 0 Å². The summed E-state index contributed by atoms with van der Waals surface area (Å²) in [6.45, 7) is 9.51. The summed E-state index contributed by atoms with van der Waals surface area (Å²) >= 11 is 0. The number of nitrogens with zero attached hydrogens (tertiary/aromatic N) is 3. The maximum Gasteiger partial charge on any atom is 0.178 e. The van der Waals surface area contributed by atoms with Gasteiger partial charge in [-0.3, -0.25) is 0 Å². The zero-order chi connectivity index (χ0) is 13.7. The van der Waals surface area contributed by atoms with Gasteiger partial charge in [0.05, 0.1) is 11.0 Å². The van der Waals surface area contributed by atoms with Crippen LogP contribution in [0.5, 0.6) is 0 Å². The molecule has 0 radical (unpaired) electrons. The van der Waals surface area contributed by atoms with Crippen molar-refractivity contribution in [2.24, 2.45) is 0 Å². The van der Waals surface area contributed by atoms with Gasteiger partial charge in [-0.15, -0.1) is 0 Å². The molecule has 19 heavy (non-hydrogen) atoms. The molecule has 0 aliphatic carbocycles. The Morgan fingerprint density at radius 1 is 1.21 bits per heavy atom. The van der Waals surface area contributed by atoms with Gasteiger partial charge in [-0.05, 0) is 31.2 Å². The number of hydrogen-bond donors (Lipinski definition) is 0. The zero-order valence-corrected chi connectivity index (χ0v) is 10.9. The van der Waals surface area contributed by atoms with Crippen molar-refractivity contribution in [1.29, 1.82) is 0 Å². The maximum absolute atomic E-state index is 4.49. The second-order valence-corrected chi connectivity index (χ2v) is 3.95. The predicted molar refractivity (Wildman–Crippen MR) is 79.4 cm³/mol. The van der Waals surface area contributed by atoms with Crippen LogP contribution in [0, 0.1) is 0 Å². The van der Waals surface area contributed by atoms with Gasteiger partial charge in [-0.25, -0.2) is 15.0 Å². The van der Waals surface area contributed by atoms with Crippen LogP contribution in [0.3, 0.4) is 0 Å². The van der Waals surface area contributed by atoms with Crippen LogP contribution in [0.1, 0.15) is 12.6 Å². The molecule has 2 aromatic heterocycles. The third-order valence-corrected chi connectivity index (χ3v) is 2.51. The van der Waals surface area contributed by atoms with Gasteiger partial charge in [-0.1, -0.05) is 31.4 Å². The van der Waals surface area contributed by atoms with E-state index in [1.54, 1.807) is 12.3 Å². The minimum absolute atomic E-state index is 0.590. The molecule has 2 rings (SSSR count). The molecular formula is C16H15N3. The highest BCUT2D eigenvalue weighted by Gasteiger charge is 2.02. The van der Waals surface area contributed by atoms with Crippen LogP contribution in [-0.4, -0.2) is 15.0 Å². The van der Waals surface area contributed by atoms with E-state index in [9.17, 15) is 0 Å². The smallest absolute Gasteiger partial charge is 0.178 e. The van der Waals surface area contributed by atoms with Crippen molar-refractivity contribution >= 4 is 18.7 Å². The summed E-state index contributed by atoms with van der Waals surface area (Å²) in [5, 5.41) is 1.53. The van der Waals surface area contributed by atoms with Crippen molar-refractivity contribution in [1.82, 2.24) is 15.0 Å². The van der Waals surface area contributed by atoms with E-state index >= 15 is 0 Å². The molecule has 0 unspecified atom stereocenters. The second kappa shape index (κ2) is 5.87. The van der Waals surface area contributed by atoms with Crippen molar-refractivity contribution in [3.8, 4) is 11.5 Å². The fourth-order valence-electron chi connectivity index (χ4n) is 1.64. The first-order valence-corrected chi connectivity index (χ1v) is 5.99. The van der Waals surface area contributed by atoms with Crippen molar-refractivity contribution in [3.05, 3.63) is 59.4 Å². The summed E-state index contributed by atoms with van der Waals surface area (Å²) in [4.78, 5) is 13.2. The molecule has 2 heterocycles. The molecule has 0 aliphatic heterocycles. The number of allylic oxidation sites excluding steroid dienone is 2. The molecule has 0 amide bonds. The molecule has 0 aromatic carbocycles. The predicted octanol–water partition coefficient (Wildman–Crippen LogP) is 1.95. The Hall–Kier alpha value is -2.55. The van der Waals surface area contributed by atoms with Crippen molar-refractivity contribution < 1.29 is 0 Å². The molecule has 0 bridgehead atoms. The molecule has 3 heteroatoms. The minimum atomic E-state index is 0.590. The van der Waals surface area contributed by atoms with Gasteiger partial charge in [-0.2, -0.15) is 0 Å². The van der Waals surface area contributed by atoms with Gasteiger partial charge < -0.3 is 0 Å². The summed E-state index contributed by atoms with van der Waals surface area (Å²) in [7, 11) is 0. The number of aromatic nitrogens is 3. The topological polar surface area (TPSA) is 38.7 Å². The summed E-state index contributed by atoms with van der Waals surface area (Å²) in [5.74, 6) is 0.590. The molecule has 0 saturated heterocycles. The van der Waals surface area contributed by atoms with Crippen molar-refractivity contribution in [2.75, 3.05) is 0 Å². The second-order valence-electron chi connectivity index (χ2n) is 3.95. The van der Waals surface area contributed by atoms with Crippen molar-refractivity contribution in [2.45, 2.75) is 6.92 Å². The summed E-state index contributed by atoms with van der Waals surface area (Å²) in [5.41, 5.74) is 1.63. The van der Waals surface area contributed by atoms with Gasteiger partial charge in [0.15, 0.2) is 5.82 Å². The number of pyridine rings is 1. The number of hydrogen-bond acceptors (Lipinski definition) is 3. The molecule has 0 aliphatic rings. The Morgan fingerprint density at radius 2 is 2.05 bits per heavy atom. The fraction of sp³-hybridized carbons (Fsp3) is 0.0625. The van der Waals surface area contributed by atoms with Crippen LogP contribution in [0.15, 0.2) is 43.1 Å². The van der Waals surface area contributed by atoms with Crippen molar-refractivity contribution in [3.63, 3.8) is 0 Å². The monoisotopic (exact) mass is 249 g/mol. The maximum atomic E-state index is 4.49. The summed E-state index contributed by atoms with van der Waals surface area (Å²) in [6.07, 6.45) is 9.08. The van der Waals surface area contributed by atoms with E-state index in [1.165, 1.54) is 0 Å². The lowest BCUT2D eigenvalue weighted by atomic mass is 10.2. The van der Waals surface area contributed by atoms with E-state index in [4.69, 9.17) is 0 Å². The normalized spacial score (nSPS) is 11.9. The Labute approximate surface area is 112 Å². The largest absolute Gasteiger partial charge is 0.245 e. The molecule has 0 atom stereocenters. The number of rotatable bonds is 3. The zero-order valence-electron chi connectivity index (χ0n) is 10.9. The lowest BCUT2D eigenvalue weighted by molar-refractivity contribution is 1.09. The molecule has 0 saturated carbocycles. The van der Waals surface area contributed by atoms with Gasteiger partial charge in [0.1, 0.15) is 5.69 Å². The lowest BCUT2D eigenvalue weighted by Gasteiger charge is -2.00. The molecule has 3 nitrogen and oxygen atoms in total. The Kier molecular flexibility index (Phi) is 3.98. The molecule has 0 fully saturated rings. The average Bonchev–Trinajstić information content (AvgIpc) is 2.42. The highest BCUT2D eigenvalue weighted by atomic mass is 14.9. The van der Waals surface area contributed by atoms with Crippen LogP contribution in [0.4, 0.5) is 0 Å². The minimum Gasteiger partial charge on any atom is -0.245 e. The van der Waals surface area contributed by atoms with E-state index in [2.05, 4.69) is 28.1 Å². The highest BCUT2D eigenvalue weighted by Crippen LogP contribution is 2.10. The van der Waals surface area contributed by atoms with Gasteiger partial charge in [0, 0.05) is 11.4 Å². The van der Waals surface area contributed by atoms with E-state index < -0.39 is 0 Å². The Balaban J connectivity index is 2.56.